The first-order valence-electron chi connectivity index (χ1n) is 6.50. The normalized spacial score (nSPS) is 17.5. The Balaban J connectivity index is 1.75. The van der Waals surface area contributed by atoms with Gasteiger partial charge in [-0.3, -0.25) is 0 Å². The molecule has 0 fully saturated rings. The minimum Gasteiger partial charge on any atom is -0.306 e. The van der Waals surface area contributed by atoms with Gasteiger partial charge in [0.1, 0.15) is 5.82 Å². The second-order valence-electron chi connectivity index (χ2n) is 4.87. The highest BCUT2D eigenvalue weighted by molar-refractivity contribution is 6.31. The first-order chi connectivity index (χ1) is 9.25. The van der Waals surface area contributed by atoms with E-state index >= 15 is 0 Å². The molecule has 0 bridgehead atoms. The Morgan fingerprint density at radius 2 is 2.00 bits per heavy atom. The lowest BCUT2D eigenvalue weighted by atomic mass is 10.1. The fourth-order valence-corrected chi connectivity index (χ4v) is 2.93. The van der Waals surface area contributed by atoms with E-state index < -0.39 is 0 Å². The number of fused-ring (bicyclic) bond motifs is 1. The third kappa shape index (κ3) is 2.51. The summed E-state index contributed by atoms with van der Waals surface area (Å²) in [7, 11) is 0. The standard InChI is InChI=1S/C16H15ClFN/c17-14-6-3-7-15(18)13(14)10-19-16-9-8-11-4-1-2-5-12(11)16/h1-7,16,19H,8-10H2. The summed E-state index contributed by atoms with van der Waals surface area (Å²) in [4.78, 5) is 0. The maximum atomic E-state index is 13.7. The first kappa shape index (κ1) is 12.6. The van der Waals surface area contributed by atoms with Crippen LogP contribution < -0.4 is 5.32 Å². The predicted molar refractivity (Wildman–Crippen MR) is 75.8 cm³/mol. The molecule has 2 aromatic rings. The Labute approximate surface area is 117 Å². The molecule has 0 amide bonds. The molecule has 1 unspecified atom stereocenters. The van der Waals surface area contributed by atoms with E-state index in [9.17, 15) is 4.39 Å². The van der Waals surface area contributed by atoms with E-state index in [-0.39, 0.29) is 5.82 Å². The van der Waals surface area contributed by atoms with Crippen molar-refractivity contribution < 1.29 is 4.39 Å². The Hall–Kier alpha value is -1.38. The molecule has 0 saturated heterocycles. The molecule has 3 heteroatoms. The minimum absolute atomic E-state index is 0.244. The van der Waals surface area contributed by atoms with Crippen molar-refractivity contribution in [2.45, 2.75) is 25.4 Å². The lowest BCUT2D eigenvalue weighted by molar-refractivity contribution is 0.513. The van der Waals surface area contributed by atoms with E-state index in [1.807, 2.05) is 0 Å². The van der Waals surface area contributed by atoms with Gasteiger partial charge >= 0.3 is 0 Å². The van der Waals surface area contributed by atoms with Gasteiger partial charge in [0, 0.05) is 23.2 Å². The average molecular weight is 276 g/mol. The average Bonchev–Trinajstić information content (AvgIpc) is 2.82. The molecule has 1 aliphatic carbocycles. The molecule has 0 aliphatic heterocycles. The molecule has 1 nitrogen and oxygen atoms in total. The van der Waals surface area contributed by atoms with E-state index in [0.29, 0.717) is 23.2 Å². The van der Waals surface area contributed by atoms with Crippen molar-refractivity contribution >= 4 is 11.6 Å². The van der Waals surface area contributed by atoms with Crippen LogP contribution in [0.3, 0.4) is 0 Å². The number of halogens is 2. The smallest absolute Gasteiger partial charge is 0.129 e. The zero-order valence-corrected chi connectivity index (χ0v) is 11.3. The van der Waals surface area contributed by atoms with Gasteiger partial charge in [-0.15, -0.1) is 0 Å². The summed E-state index contributed by atoms with van der Waals surface area (Å²) in [5.74, 6) is -0.244. The summed E-state index contributed by atoms with van der Waals surface area (Å²) in [5, 5.41) is 3.90. The monoisotopic (exact) mass is 275 g/mol. The number of rotatable bonds is 3. The maximum absolute atomic E-state index is 13.7. The van der Waals surface area contributed by atoms with Crippen molar-refractivity contribution in [1.29, 1.82) is 0 Å². The Bertz CT molecular complexity index is 577. The van der Waals surface area contributed by atoms with Crippen molar-refractivity contribution in [2.75, 3.05) is 0 Å². The van der Waals surface area contributed by atoms with Crippen LogP contribution in [0.4, 0.5) is 4.39 Å². The maximum Gasteiger partial charge on any atom is 0.129 e. The van der Waals surface area contributed by atoms with Gasteiger partial charge < -0.3 is 5.32 Å². The zero-order valence-electron chi connectivity index (χ0n) is 10.5. The molecule has 98 valence electrons. The van der Waals surface area contributed by atoms with Gasteiger partial charge in [0.2, 0.25) is 0 Å². The lowest BCUT2D eigenvalue weighted by Gasteiger charge is -2.15. The van der Waals surface area contributed by atoms with Crippen molar-refractivity contribution in [2.24, 2.45) is 0 Å². The van der Waals surface area contributed by atoms with Crippen LogP contribution in [0.1, 0.15) is 29.2 Å². The summed E-state index contributed by atoms with van der Waals surface area (Å²) in [6, 6.07) is 13.5. The van der Waals surface area contributed by atoms with E-state index in [0.717, 1.165) is 12.8 Å². The summed E-state index contributed by atoms with van der Waals surface area (Å²) in [5.41, 5.74) is 3.27. The third-order valence-electron chi connectivity index (χ3n) is 3.72. The van der Waals surface area contributed by atoms with E-state index in [1.54, 1.807) is 12.1 Å². The van der Waals surface area contributed by atoms with Crippen molar-refractivity contribution in [3.63, 3.8) is 0 Å². The Morgan fingerprint density at radius 1 is 1.16 bits per heavy atom. The Morgan fingerprint density at radius 3 is 2.84 bits per heavy atom. The highest BCUT2D eigenvalue weighted by atomic mass is 35.5. The molecule has 1 atom stereocenters. The van der Waals surface area contributed by atoms with Crippen molar-refractivity contribution in [3.8, 4) is 0 Å². The van der Waals surface area contributed by atoms with Gasteiger partial charge in [-0.25, -0.2) is 4.39 Å². The minimum atomic E-state index is -0.244. The van der Waals surface area contributed by atoms with Gasteiger partial charge in [-0.2, -0.15) is 0 Å². The number of hydrogen-bond acceptors (Lipinski definition) is 1. The van der Waals surface area contributed by atoms with Crippen LogP contribution >= 0.6 is 11.6 Å². The van der Waals surface area contributed by atoms with Crippen LogP contribution in [0.5, 0.6) is 0 Å². The summed E-state index contributed by atoms with van der Waals surface area (Å²) < 4.78 is 13.7. The summed E-state index contributed by atoms with van der Waals surface area (Å²) in [6.45, 7) is 0.463. The van der Waals surface area contributed by atoms with Crippen LogP contribution in [0, 0.1) is 5.82 Å². The molecule has 0 saturated carbocycles. The van der Waals surface area contributed by atoms with E-state index in [4.69, 9.17) is 11.6 Å². The largest absolute Gasteiger partial charge is 0.306 e. The number of aryl methyl sites for hydroxylation is 1. The third-order valence-corrected chi connectivity index (χ3v) is 4.07. The number of hydrogen-bond donors (Lipinski definition) is 1. The van der Waals surface area contributed by atoms with E-state index in [2.05, 4.69) is 29.6 Å². The van der Waals surface area contributed by atoms with Crippen LogP contribution in [0.15, 0.2) is 42.5 Å². The molecular weight excluding hydrogens is 261 g/mol. The van der Waals surface area contributed by atoms with Crippen molar-refractivity contribution in [1.82, 2.24) is 5.32 Å². The molecular formula is C16H15ClFN. The second kappa shape index (κ2) is 5.32. The molecule has 0 spiro atoms. The van der Waals surface area contributed by atoms with Crippen LogP contribution in [0.25, 0.3) is 0 Å². The van der Waals surface area contributed by atoms with Gasteiger partial charge in [0.15, 0.2) is 0 Å². The Kier molecular flexibility index (Phi) is 3.54. The molecule has 0 aromatic heterocycles. The SMILES string of the molecule is Fc1cccc(Cl)c1CNC1CCc2ccccc21. The predicted octanol–water partition coefficient (Wildman–Crippen LogP) is 4.26. The lowest BCUT2D eigenvalue weighted by Crippen LogP contribution is -2.19. The van der Waals surface area contributed by atoms with Gasteiger partial charge in [0.25, 0.3) is 0 Å². The highest BCUT2D eigenvalue weighted by Crippen LogP contribution is 2.31. The first-order valence-corrected chi connectivity index (χ1v) is 6.87. The highest BCUT2D eigenvalue weighted by Gasteiger charge is 2.21. The molecule has 0 radical (unpaired) electrons. The fourth-order valence-electron chi connectivity index (χ4n) is 2.70. The van der Waals surface area contributed by atoms with Gasteiger partial charge in [0.05, 0.1) is 0 Å². The van der Waals surface area contributed by atoms with Crippen LogP contribution in [-0.2, 0) is 13.0 Å². The number of benzene rings is 2. The zero-order chi connectivity index (χ0) is 13.2. The molecule has 1 aliphatic rings. The van der Waals surface area contributed by atoms with Gasteiger partial charge in [-0.05, 0) is 36.1 Å². The fraction of sp³-hybridized carbons (Fsp3) is 0.250. The topological polar surface area (TPSA) is 12.0 Å². The number of nitrogens with one attached hydrogen (secondary N) is 1. The molecule has 1 N–H and O–H groups in total. The van der Waals surface area contributed by atoms with Crippen LogP contribution in [-0.4, -0.2) is 0 Å². The summed E-state index contributed by atoms with van der Waals surface area (Å²) in [6.07, 6.45) is 2.14. The van der Waals surface area contributed by atoms with Crippen LogP contribution in [0.2, 0.25) is 5.02 Å². The van der Waals surface area contributed by atoms with Gasteiger partial charge in [-0.1, -0.05) is 41.9 Å². The quantitative estimate of drug-likeness (QED) is 0.883. The summed E-state index contributed by atoms with van der Waals surface area (Å²) >= 11 is 6.04. The molecule has 19 heavy (non-hydrogen) atoms. The molecule has 2 aromatic carbocycles. The van der Waals surface area contributed by atoms with Crippen molar-refractivity contribution in [3.05, 3.63) is 70.0 Å². The molecule has 0 heterocycles. The van der Waals surface area contributed by atoms with E-state index in [1.165, 1.54) is 17.2 Å². The second-order valence-corrected chi connectivity index (χ2v) is 5.28. The molecule has 3 rings (SSSR count).